The Morgan fingerprint density at radius 2 is 2.04 bits per heavy atom. The molecule has 3 N–H and O–H groups in total. The Hall–Kier alpha value is -2.22. The van der Waals surface area contributed by atoms with Gasteiger partial charge < -0.3 is 15.5 Å². The molecule has 25 heavy (non-hydrogen) atoms. The molecule has 3 heterocycles. The van der Waals surface area contributed by atoms with Gasteiger partial charge in [0.05, 0.1) is 17.8 Å². The van der Waals surface area contributed by atoms with Crippen LogP contribution in [0.25, 0.3) is 17.0 Å². The van der Waals surface area contributed by atoms with Crippen LogP contribution in [-0.4, -0.2) is 48.0 Å². The number of nitrogens with one attached hydrogen (secondary N) is 1. The van der Waals surface area contributed by atoms with E-state index in [0.29, 0.717) is 28.7 Å². The van der Waals surface area contributed by atoms with E-state index >= 15 is 0 Å². The maximum absolute atomic E-state index is 10.2. The molecule has 3 aromatic rings. The summed E-state index contributed by atoms with van der Waals surface area (Å²) in [5.41, 5.74) is 1.96. The Kier molecular flexibility index (Phi) is 4.07. The van der Waals surface area contributed by atoms with Gasteiger partial charge in [-0.1, -0.05) is 17.7 Å². The van der Waals surface area contributed by atoms with Gasteiger partial charge in [-0.05, 0) is 31.4 Å². The first-order valence-electron chi connectivity index (χ1n) is 7.96. The van der Waals surface area contributed by atoms with Crippen LogP contribution in [-0.2, 0) is 0 Å². The number of aliphatic hydroxyl groups is 2. The fourth-order valence-electron chi connectivity index (χ4n) is 3.14. The molecule has 3 aromatic heterocycles. The van der Waals surface area contributed by atoms with Gasteiger partial charge in [0.15, 0.2) is 5.65 Å². The third-order valence-corrected chi connectivity index (χ3v) is 4.65. The zero-order valence-corrected chi connectivity index (χ0v) is 14.0. The Balaban J connectivity index is 1.73. The molecule has 1 aliphatic rings. The van der Waals surface area contributed by atoms with Gasteiger partial charge in [-0.2, -0.15) is 9.61 Å². The third kappa shape index (κ3) is 2.95. The highest BCUT2D eigenvalue weighted by Crippen LogP contribution is 2.29. The lowest BCUT2D eigenvalue weighted by atomic mass is 10.1. The van der Waals surface area contributed by atoms with Gasteiger partial charge in [-0.25, -0.2) is 4.98 Å². The van der Waals surface area contributed by atoms with Crippen molar-refractivity contribution in [2.24, 2.45) is 5.92 Å². The lowest BCUT2D eigenvalue weighted by Gasteiger charge is -2.19. The predicted molar refractivity (Wildman–Crippen MR) is 94.1 cm³/mol. The summed E-state index contributed by atoms with van der Waals surface area (Å²) in [7, 11) is 0. The molecule has 0 aliphatic heterocycles. The molecular formula is C17H17ClN5O2. The van der Waals surface area contributed by atoms with Crippen LogP contribution in [0.3, 0.4) is 0 Å². The number of pyridine rings is 1. The third-order valence-electron chi connectivity index (χ3n) is 4.46. The number of hydrogen-bond acceptors (Lipinski definition) is 6. The summed E-state index contributed by atoms with van der Waals surface area (Å²) in [6.07, 6.45) is 0.476. The molecule has 1 fully saturated rings. The van der Waals surface area contributed by atoms with Crippen LogP contribution in [0.2, 0.25) is 5.15 Å². The Morgan fingerprint density at radius 3 is 2.72 bits per heavy atom. The van der Waals surface area contributed by atoms with Gasteiger partial charge in [-0.3, -0.25) is 4.98 Å². The second-order valence-corrected chi connectivity index (χ2v) is 6.59. The van der Waals surface area contributed by atoms with E-state index < -0.39 is 12.2 Å². The molecule has 1 aliphatic carbocycles. The van der Waals surface area contributed by atoms with Crippen LogP contribution in [0.15, 0.2) is 36.5 Å². The van der Waals surface area contributed by atoms with Gasteiger partial charge in [0, 0.05) is 18.3 Å². The quantitative estimate of drug-likeness (QED) is 0.618. The SMILES string of the molecule is [CH2][C@@H]1C[C@@H](Nc2cc(Cl)nc3cc(-c4ccccn4)nn23)[C@H](O)[C@@H]1O. The van der Waals surface area contributed by atoms with Gasteiger partial charge >= 0.3 is 0 Å². The van der Waals surface area contributed by atoms with Gasteiger partial charge in [0.1, 0.15) is 22.8 Å². The number of rotatable bonds is 3. The highest BCUT2D eigenvalue weighted by atomic mass is 35.5. The highest BCUT2D eigenvalue weighted by molar-refractivity contribution is 6.29. The number of anilines is 1. The van der Waals surface area contributed by atoms with E-state index in [4.69, 9.17) is 11.6 Å². The first-order chi connectivity index (χ1) is 12.0. The van der Waals surface area contributed by atoms with Crippen LogP contribution in [0.1, 0.15) is 6.42 Å². The smallest absolute Gasteiger partial charge is 0.159 e. The van der Waals surface area contributed by atoms with Crippen LogP contribution >= 0.6 is 11.6 Å². The molecule has 0 amide bonds. The molecule has 0 bridgehead atoms. The molecule has 0 saturated heterocycles. The summed E-state index contributed by atoms with van der Waals surface area (Å²) in [5.74, 6) is 0.351. The number of nitrogens with zero attached hydrogens (tertiary/aromatic N) is 4. The zero-order chi connectivity index (χ0) is 17.6. The first-order valence-corrected chi connectivity index (χ1v) is 8.34. The fraction of sp³-hybridized carbons (Fsp3) is 0.294. The van der Waals surface area contributed by atoms with Crippen LogP contribution in [0.4, 0.5) is 5.82 Å². The maximum atomic E-state index is 10.2. The van der Waals surface area contributed by atoms with E-state index in [2.05, 4.69) is 27.3 Å². The van der Waals surface area contributed by atoms with Gasteiger partial charge in [0.25, 0.3) is 0 Å². The van der Waals surface area contributed by atoms with Crippen molar-refractivity contribution in [1.82, 2.24) is 19.6 Å². The summed E-state index contributed by atoms with van der Waals surface area (Å²) in [6.45, 7) is 3.87. The summed E-state index contributed by atoms with van der Waals surface area (Å²) >= 11 is 6.13. The standard InChI is InChI=1S/C17H17ClN5O2/c1-9-6-12(17(25)16(9)24)20-15-8-13(18)21-14-7-11(22-23(14)15)10-4-2-3-5-19-10/h2-5,7-9,12,16-17,20,24-25H,1,6H2/t9-,12-,16-,17+/m1/s1. The number of aromatic nitrogens is 4. The minimum absolute atomic E-state index is 0.234. The van der Waals surface area contributed by atoms with E-state index in [0.717, 1.165) is 5.69 Å². The van der Waals surface area contributed by atoms with Crippen molar-refractivity contribution in [2.75, 3.05) is 5.32 Å². The van der Waals surface area contributed by atoms with E-state index in [1.54, 1.807) is 22.8 Å². The van der Waals surface area contributed by atoms with E-state index in [1.807, 2.05) is 18.2 Å². The maximum Gasteiger partial charge on any atom is 0.159 e. The Morgan fingerprint density at radius 1 is 1.20 bits per heavy atom. The van der Waals surface area contributed by atoms with Crippen molar-refractivity contribution in [1.29, 1.82) is 0 Å². The predicted octanol–water partition coefficient (Wildman–Crippen LogP) is 1.80. The van der Waals surface area contributed by atoms with Crippen molar-refractivity contribution in [2.45, 2.75) is 24.7 Å². The Bertz CT molecular complexity index is 901. The second-order valence-electron chi connectivity index (χ2n) is 6.21. The molecule has 129 valence electrons. The molecule has 7 nitrogen and oxygen atoms in total. The first kappa shape index (κ1) is 16.3. The summed E-state index contributed by atoms with van der Waals surface area (Å²) in [4.78, 5) is 8.57. The van der Waals surface area contributed by atoms with Gasteiger partial charge in [-0.15, -0.1) is 0 Å². The van der Waals surface area contributed by atoms with Gasteiger partial charge in [0.2, 0.25) is 0 Å². The normalized spacial score (nSPS) is 26.2. The average Bonchev–Trinajstić information content (AvgIpc) is 3.13. The molecule has 0 aromatic carbocycles. The molecule has 8 heteroatoms. The lowest BCUT2D eigenvalue weighted by molar-refractivity contribution is 0.0256. The molecule has 4 rings (SSSR count). The monoisotopic (exact) mass is 358 g/mol. The van der Waals surface area contributed by atoms with Crippen molar-refractivity contribution in [3.05, 3.63) is 48.6 Å². The lowest BCUT2D eigenvalue weighted by Crippen LogP contribution is -2.35. The zero-order valence-electron chi connectivity index (χ0n) is 13.2. The molecule has 0 spiro atoms. The number of hydrogen-bond donors (Lipinski definition) is 3. The van der Waals surface area contributed by atoms with E-state index in [9.17, 15) is 10.2 Å². The topological polar surface area (TPSA) is 95.6 Å². The molecule has 1 saturated carbocycles. The molecule has 0 unspecified atom stereocenters. The number of aliphatic hydroxyl groups excluding tert-OH is 2. The van der Waals surface area contributed by atoms with Crippen LogP contribution in [0.5, 0.6) is 0 Å². The number of halogens is 1. The summed E-state index contributed by atoms with van der Waals surface area (Å²) < 4.78 is 1.62. The fourth-order valence-corrected chi connectivity index (χ4v) is 3.33. The Labute approximate surface area is 149 Å². The van der Waals surface area contributed by atoms with Crippen molar-refractivity contribution in [3.8, 4) is 11.4 Å². The minimum atomic E-state index is -0.907. The van der Waals surface area contributed by atoms with Crippen molar-refractivity contribution >= 4 is 23.1 Å². The summed E-state index contributed by atoms with van der Waals surface area (Å²) in [5, 5.41) is 28.1. The summed E-state index contributed by atoms with van der Waals surface area (Å²) in [6, 6.07) is 8.67. The molecule has 4 atom stereocenters. The average molecular weight is 359 g/mol. The number of fused-ring (bicyclic) bond motifs is 1. The second kappa shape index (κ2) is 6.25. The highest BCUT2D eigenvalue weighted by Gasteiger charge is 2.39. The van der Waals surface area contributed by atoms with Crippen molar-refractivity contribution in [3.63, 3.8) is 0 Å². The molecule has 1 radical (unpaired) electrons. The van der Waals surface area contributed by atoms with Crippen molar-refractivity contribution < 1.29 is 10.2 Å². The van der Waals surface area contributed by atoms with Crippen LogP contribution < -0.4 is 5.32 Å². The molecular weight excluding hydrogens is 342 g/mol. The van der Waals surface area contributed by atoms with E-state index in [-0.39, 0.29) is 12.0 Å². The largest absolute Gasteiger partial charge is 0.390 e. The minimum Gasteiger partial charge on any atom is -0.390 e. The van der Waals surface area contributed by atoms with E-state index in [1.165, 1.54) is 0 Å². The van der Waals surface area contributed by atoms with Crippen LogP contribution in [0, 0.1) is 12.8 Å².